The maximum Gasteiger partial charge on any atom is 0.258 e. The van der Waals surface area contributed by atoms with E-state index in [4.69, 9.17) is 4.74 Å². The van der Waals surface area contributed by atoms with Gasteiger partial charge in [-0.25, -0.2) is 4.98 Å². The summed E-state index contributed by atoms with van der Waals surface area (Å²) in [6.45, 7) is 4.57. The minimum Gasteiger partial charge on any atom is -0.483 e. The van der Waals surface area contributed by atoms with E-state index in [1.54, 1.807) is 12.4 Å². The Morgan fingerprint density at radius 2 is 2.20 bits per heavy atom. The molecule has 5 nitrogen and oxygen atoms in total. The zero-order valence-electron chi connectivity index (χ0n) is 11.7. The van der Waals surface area contributed by atoms with E-state index in [1.165, 1.54) is 0 Å². The summed E-state index contributed by atoms with van der Waals surface area (Å²) in [5, 5.41) is 2.75. The Morgan fingerprint density at radius 3 is 2.90 bits per heavy atom. The lowest BCUT2D eigenvalue weighted by molar-refractivity contribution is -0.123. The fraction of sp³-hybridized carbons (Fsp3) is 0.333. The molecule has 0 saturated carbocycles. The highest BCUT2D eigenvalue weighted by Gasteiger charge is 2.09. The second-order valence-corrected chi connectivity index (χ2v) is 4.79. The summed E-state index contributed by atoms with van der Waals surface area (Å²) in [5.41, 5.74) is 1.10. The van der Waals surface area contributed by atoms with Crippen LogP contribution in [0.4, 0.5) is 0 Å². The lowest BCUT2D eigenvalue weighted by Gasteiger charge is -2.13. The van der Waals surface area contributed by atoms with Gasteiger partial charge >= 0.3 is 0 Å². The van der Waals surface area contributed by atoms with Crippen LogP contribution in [-0.4, -0.2) is 22.5 Å². The van der Waals surface area contributed by atoms with Crippen molar-refractivity contribution in [3.05, 3.63) is 48.0 Å². The molecule has 2 N–H and O–H groups in total. The third kappa shape index (κ3) is 3.85. The molecule has 0 bridgehead atoms. The number of imidazole rings is 1. The number of nitrogens with zero attached hydrogens (tertiary/aromatic N) is 1. The molecule has 2 rings (SSSR count). The Morgan fingerprint density at radius 1 is 1.40 bits per heavy atom. The van der Waals surface area contributed by atoms with Crippen LogP contribution in [0.25, 0.3) is 0 Å². The van der Waals surface area contributed by atoms with Crippen LogP contribution in [0, 0.1) is 0 Å². The molecule has 106 valence electrons. The highest BCUT2D eigenvalue weighted by Crippen LogP contribution is 2.25. The third-order valence-electron chi connectivity index (χ3n) is 2.91. The fourth-order valence-electron chi connectivity index (χ4n) is 1.86. The van der Waals surface area contributed by atoms with Gasteiger partial charge in [0.05, 0.1) is 6.54 Å². The Bertz CT molecular complexity index is 550. The van der Waals surface area contributed by atoms with Crippen molar-refractivity contribution in [3.63, 3.8) is 0 Å². The summed E-state index contributed by atoms with van der Waals surface area (Å²) in [7, 11) is 0. The highest BCUT2D eigenvalue weighted by atomic mass is 16.5. The molecule has 0 unspecified atom stereocenters. The molecule has 0 atom stereocenters. The number of amides is 1. The van der Waals surface area contributed by atoms with Gasteiger partial charge in [0, 0.05) is 12.4 Å². The minimum absolute atomic E-state index is 0.00441. The van der Waals surface area contributed by atoms with Crippen LogP contribution in [0.15, 0.2) is 36.7 Å². The van der Waals surface area contributed by atoms with Gasteiger partial charge in [-0.3, -0.25) is 4.79 Å². The molecule has 1 amide bonds. The third-order valence-corrected chi connectivity index (χ3v) is 2.91. The number of nitrogens with one attached hydrogen (secondary N) is 2. The molecule has 5 heteroatoms. The first-order valence-corrected chi connectivity index (χ1v) is 6.63. The Balaban J connectivity index is 1.84. The van der Waals surface area contributed by atoms with Gasteiger partial charge in [0.15, 0.2) is 6.61 Å². The van der Waals surface area contributed by atoms with Gasteiger partial charge in [0.2, 0.25) is 0 Å². The standard InChI is InChI=1S/C15H19N3O2/c1-11(2)12-5-3-4-6-13(12)20-10-15(19)18-9-14-16-7-8-17-14/h3-8,11H,9-10H2,1-2H3,(H,16,17)(H,18,19). The molecule has 0 radical (unpaired) electrons. The van der Waals surface area contributed by atoms with E-state index in [0.29, 0.717) is 12.5 Å². The van der Waals surface area contributed by atoms with Crippen LogP contribution in [0.3, 0.4) is 0 Å². The van der Waals surface area contributed by atoms with E-state index in [-0.39, 0.29) is 12.5 Å². The van der Waals surface area contributed by atoms with E-state index in [0.717, 1.165) is 17.1 Å². The van der Waals surface area contributed by atoms with Crippen molar-refractivity contribution in [2.45, 2.75) is 26.3 Å². The van der Waals surface area contributed by atoms with Crippen molar-refractivity contribution in [2.75, 3.05) is 6.61 Å². The second kappa shape index (κ2) is 6.75. The molecule has 0 aliphatic heterocycles. The average molecular weight is 273 g/mol. The van der Waals surface area contributed by atoms with Gasteiger partial charge in [0.1, 0.15) is 11.6 Å². The first-order valence-electron chi connectivity index (χ1n) is 6.63. The van der Waals surface area contributed by atoms with Crippen molar-refractivity contribution in [3.8, 4) is 5.75 Å². The topological polar surface area (TPSA) is 67.0 Å². The molecule has 0 aliphatic rings. The molecule has 20 heavy (non-hydrogen) atoms. The Hall–Kier alpha value is -2.30. The first kappa shape index (κ1) is 14.1. The zero-order valence-corrected chi connectivity index (χ0v) is 11.7. The van der Waals surface area contributed by atoms with Gasteiger partial charge < -0.3 is 15.0 Å². The molecule has 1 heterocycles. The van der Waals surface area contributed by atoms with Crippen molar-refractivity contribution >= 4 is 5.91 Å². The number of hydrogen-bond donors (Lipinski definition) is 2. The summed E-state index contributed by atoms with van der Waals surface area (Å²) in [5.74, 6) is 1.67. The average Bonchev–Trinajstić information content (AvgIpc) is 2.96. The number of benzene rings is 1. The highest BCUT2D eigenvalue weighted by molar-refractivity contribution is 5.77. The number of aromatic amines is 1. The Kier molecular flexibility index (Phi) is 4.76. The summed E-state index contributed by atoms with van der Waals surface area (Å²) in [6, 6.07) is 7.77. The van der Waals surface area contributed by atoms with Gasteiger partial charge in [-0.05, 0) is 17.5 Å². The summed E-state index contributed by atoms with van der Waals surface area (Å²) < 4.78 is 5.59. The SMILES string of the molecule is CC(C)c1ccccc1OCC(=O)NCc1ncc[nH]1. The number of carbonyl (C=O) groups excluding carboxylic acids is 1. The molecule has 2 aromatic rings. The second-order valence-electron chi connectivity index (χ2n) is 4.79. The number of ether oxygens (including phenoxy) is 1. The molecule has 0 aliphatic carbocycles. The van der Waals surface area contributed by atoms with Crippen LogP contribution in [-0.2, 0) is 11.3 Å². The van der Waals surface area contributed by atoms with Crippen LogP contribution in [0.5, 0.6) is 5.75 Å². The van der Waals surface area contributed by atoms with Crippen LogP contribution < -0.4 is 10.1 Å². The van der Waals surface area contributed by atoms with E-state index >= 15 is 0 Å². The normalized spacial score (nSPS) is 10.6. The largest absolute Gasteiger partial charge is 0.483 e. The quantitative estimate of drug-likeness (QED) is 0.848. The molecular weight excluding hydrogens is 254 g/mol. The van der Waals surface area contributed by atoms with Gasteiger partial charge in [-0.2, -0.15) is 0 Å². The van der Waals surface area contributed by atoms with E-state index < -0.39 is 0 Å². The number of aromatic nitrogens is 2. The maximum absolute atomic E-state index is 11.7. The molecule has 0 spiro atoms. The van der Waals surface area contributed by atoms with E-state index in [1.807, 2.05) is 24.3 Å². The summed E-state index contributed by atoms with van der Waals surface area (Å²) in [4.78, 5) is 18.7. The predicted molar refractivity (Wildman–Crippen MR) is 76.5 cm³/mol. The van der Waals surface area contributed by atoms with Crippen molar-refractivity contribution in [1.82, 2.24) is 15.3 Å². The van der Waals surface area contributed by atoms with Crippen LogP contribution in [0.1, 0.15) is 31.2 Å². The fourth-order valence-corrected chi connectivity index (χ4v) is 1.86. The minimum atomic E-state index is -0.167. The van der Waals surface area contributed by atoms with Gasteiger partial charge in [-0.15, -0.1) is 0 Å². The van der Waals surface area contributed by atoms with Gasteiger partial charge in [-0.1, -0.05) is 32.0 Å². The monoisotopic (exact) mass is 273 g/mol. The number of H-pyrrole nitrogens is 1. The summed E-state index contributed by atoms with van der Waals surface area (Å²) in [6.07, 6.45) is 3.37. The van der Waals surface area contributed by atoms with Crippen molar-refractivity contribution in [2.24, 2.45) is 0 Å². The van der Waals surface area contributed by atoms with Crippen LogP contribution in [0.2, 0.25) is 0 Å². The van der Waals surface area contributed by atoms with Crippen molar-refractivity contribution < 1.29 is 9.53 Å². The lowest BCUT2D eigenvalue weighted by Crippen LogP contribution is -2.29. The van der Waals surface area contributed by atoms with E-state index in [2.05, 4.69) is 29.1 Å². The maximum atomic E-state index is 11.7. The number of para-hydroxylation sites is 1. The lowest BCUT2D eigenvalue weighted by atomic mass is 10.0. The summed E-state index contributed by atoms with van der Waals surface area (Å²) >= 11 is 0. The van der Waals surface area contributed by atoms with Gasteiger partial charge in [0.25, 0.3) is 5.91 Å². The molecule has 1 aromatic carbocycles. The van der Waals surface area contributed by atoms with E-state index in [9.17, 15) is 4.79 Å². The molecule has 0 fully saturated rings. The zero-order chi connectivity index (χ0) is 14.4. The van der Waals surface area contributed by atoms with Crippen molar-refractivity contribution in [1.29, 1.82) is 0 Å². The number of rotatable bonds is 6. The first-order chi connectivity index (χ1) is 9.66. The molecular formula is C15H19N3O2. The Labute approximate surface area is 118 Å². The smallest absolute Gasteiger partial charge is 0.258 e. The molecule has 1 aromatic heterocycles. The number of hydrogen-bond acceptors (Lipinski definition) is 3. The molecule has 0 saturated heterocycles. The number of carbonyl (C=O) groups is 1. The predicted octanol–water partition coefficient (Wildman–Crippen LogP) is 2.23. The van der Waals surface area contributed by atoms with Crippen LogP contribution >= 0.6 is 0 Å².